The summed E-state index contributed by atoms with van der Waals surface area (Å²) in [6, 6.07) is 5.85. The third-order valence-corrected chi connectivity index (χ3v) is 3.71. The van der Waals surface area contributed by atoms with Crippen LogP contribution in [0.2, 0.25) is 0 Å². The fourth-order valence-electron chi connectivity index (χ4n) is 2.51. The second-order valence-electron chi connectivity index (χ2n) is 5.04. The number of carbonyl (C=O) groups is 1. The maximum absolute atomic E-state index is 11.8. The molecule has 0 bridgehead atoms. The summed E-state index contributed by atoms with van der Waals surface area (Å²) < 4.78 is 0. The average Bonchev–Trinajstić information content (AvgIpc) is 2.81. The molecule has 1 aromatic rings. The van der Waals surface area contributed by atoms with Gasteiger partial charge in [-0.2, -0.15) is 0 Å². The summed E-state index contributed by atoms with van der Waals surface area (Å²) in [5, 5.41) is 6.01. The quantitative estimate of drug-likeness (QED) is 0.712. The number of nitrogens with one attached hydrogen (secondary N) is 2. The fourth-order valence-corrected chi connectivity index (χ4v) is 2.51. The minimum atomic E-state index is -0.0951. The summed E-state index contributed by atoms with van der Waals surface area (Å²) in [5.74, 6) is -0.0951. The summed E-state index contributed by atoms with van der Waals surface area (Å²) in [4.78, 5) is 14.1. The lowest BCUT2D eigenvalue weighted by molar-refractivity contribution is 0.0964. The number of carbonyl (C=O) groups excluding carboxylic acids is 1. The molecule has 5 nitrogen and oxygen atoms in total. The van der Waals surface area contributed by atoms with Crippen LogP contribution < -0.4 is 16.4 Å². The Hall–Kier alpha value is -1.75. The Morgan fingerprint density at radius 1 is 1.53 bits per heavy atom. The highest BCUT2D eigenvalue weighted by Crippen LogP contribution is 2.21. The molecule has 1 fully saturated rings. The molecule has 104 valence electrons. The summed E-state index contributed by atoms with van der Waals surface area (Å²) in [5.41, 5.74) is 7.90. The Morgan fingerprint density at radius 3 is 2.95 bits per heavy atom. The van der Waals surface area contributed by atoms with Crippen LogP contribution >= 0.6 is 0 Å². The van der Waals surface area contributed by atoms with Crippen molar-refractivity contribution >= 4 is 17.3 Å². The zero-order valence-electron chi connectivity index (χ0n) is 11.6. The lowest BCUT2D eigenvalue weighted by atomic mass is 10.1. The predicted octanol–water partition coefficient (Wildman–Crippen LogP) is 1.13. The van der Waals surface area contributed by atoms with Crippen LogP contribution in [0, 0.1) is 0 Å². The SMILES string of the molecule is CNC(=O)c1ccc(N)cc1NCC1CCCN1C. The topological polar surface area (TPSA) is 70.4 Å². The third kappa shape index (κ3) is 3.17. The minimum Gasteiger partial charge on any atom is -0.399 e. The molecule has 0 radical (unpaired) electrons. The van der Waals surface area contributed by atoms with Crippen LogP contribution in [0.4, 0.5) is 11.4 Å². The standard InChI is InChI=1S/C14H22N4O/c1-16-14(19)12-6-5-10(15)8-13(12)17-9-11-4-3-7-18(11)2/h5-6,8,11,17H,3-4,7,9,15H2,1-2H3,(H,16,19). The van der Waals surface area contributed by atoms with Crippen LogP contribution in [0.1, 0.15) is 23.2 Å². The first-order valence-corrected chi connectivity index (χ1v) is 6.67. The van der Waals surface area contributed by atoms with Crippen molar-refractivity contribution in [3.05, 3.63) is 23.8 Å². The Morgan fingerprint density at radius 2 is 2.32 bits per heavy atom. The van der Waals surface area contributed by atoms with Crippen molar-refractivity contribution in [2.45, 2.75) is 18.9 Å². The van der Waals surface area contributed by atoms with Gasteiger partial charge < -0.3 is 21.3 Å². The average molecular weight is 262 g/mol. The minimum absolute atomic E-state index is 0.0951. The van der Waals surface area contributed by atoms with Gasteiger partial charge in [-0.1, -0.05) is 0 Å². The summed E-state index contributed by atoms with van der Waals surface area (Å²) in [7, 11) is 3.77. The van der Waals surface area contributed by atoms with Crippen LogP contribution in [0.5, 0.6) is 0 Å². The molecule has 0 spiro atoms. The van der Waals surface area contributed by atoms with Gasteiger partial charge in [-0.15, -0.1) is 0 Å². The predicted molar refractivity (Wildman–Crippen MR) is 78.4 cm³/mol. The number of benzene rings is 1. The molecule has 1 amide bonds. The maximum atomic E-state index is 11.8. The van der Waals surface area contributed by atoms with E-state index in [4.69, 9.17) is 5.73 Å². The van der Waals surface area contributed by atoms with Gasteiger partial charge in [0.05, 0.1) is 5.56 Å². The van der Waals surface area contributed by atoms with E-state index in [2.05, 4.69) is 22.6 Å². The normalized spacial score (nSPS) is 19.4. The smallest absolute Gasteiger partial charge is 0.253 e. The zero-order valence-corrected chi connectivity index (χ0v) is 11.6. The molecule has 19 heavy (non-hydrogen) atoms. The van der Waals surface area contributed by atoms with Crippen molar-refractivity contribution in [1.82, 2.24) is 10.2 Å². The van der Waals surface area contributed by atoms with Crippen molar-refractivity contribution in [2.24, 2.45) is 0 Å². The summed E-state index contributed by atoms with van der Waals surface area (Å²) >= 11 is 0. The van der Waals surface area contributed by atoms with Crippen molar-refractivity contribution in [1.29, 1.82) is 0 Å². The van der Waals surface area contributed by atoms with E-state index in [1.54, 1.807) is 19.2 Å². The van der Waals surface area contributed by atoms with Gasteiger partial charge in [0, 0.05) is 31.0 Å². The van der Waals surface area contributed by atoms with Crippen molar-refractivity contribution in [2.75, 3.05) is 38.2 Å². The van der Waals surface area contributed by atoms with Gasteiger partial charge in [0.25, 0.3) is 5.91 Å². The number of rotatable bonds is 4. The van der Waals surface area contributed by atoms with Crippen LogP contribution in [-0.2, 0) is 0 Å². The van der Waals surface area contributed by atoms with Gasteiger partial charge in [0.1, 0.15) is 0 Å². The molecule has 1 aromatic carbocycles. The van der Waals surface area contributed by atoms with E-state index in [0.717, 1.165) is 18.8 Å². The monoisotopic (exact) mass is 262 g/mol. The Labute approximate surface area is 114 Å². The van der Waals surface area contributed by atoms with Crippen LogP contribution in [0.25, 0.3) is 0 Å². The summed E-state index contributed by atoms with van der Waals surface area (Å²) in [6.07, 6.45) is 2.43. The van der Waals surface area contributed by atoms with Gasteiger partial charge in [-0.05, 0) is 44.6 Å². The first kappa shape index (κ1) is 13.7. The van der Waals surface area contributed by atoms with Crippen molar-refractivity contribution < 1.29 is 4.79 Å². The van der Waals surface area contributed by atoms with Gasteiger partial charge >= 0.3 is 0 Å². The highest BCUT2D eigenvalue weighted by atomic mass is 16.1. The van der Waals surface area contributed by atoms with Crippen LogP contribution in [-0.4, -0.2) is 44.0 Å². The number of nitrogen functional groups attached to an aromatic ring is 1. The molecular formula is C14H22N4O. The van der Waals surface area contributed by atoms with E-state index < -0.39 is 0 Å². The van der Waals surface area contributed by atoms with Gasteiger partial charge in [0.2, 0.25) is 0 Å². The summed E-state index contributed by atoms with van der Waals surface area (Å²) in [6.45, 7) is 1.98. The lowest BCUT2D eigenvalue weighted by Gasteiger charge is -2.21. The molecule has 0 saturated carbocycles. The van der Waals surface area contributed by atoms with E-state index in [0.29, 0.717) is 17.3 Å². The van der Waals surface area contributed by atoms with Gasteiger partial charge in [-0.3, -0.25) is 4.79 Å². The second kappa shape index (κ2) is 5.93. The van der Waals surface area contributed by atoms with E-state index in [-0.39, 0.29) is 5.91 Å². The molecule has 4 N–H and O–H groups in total. The number of anilines is 2. The van der Waals surface area contributed by atoms with Crippen molar-refractivity contribution in [3.63, 3.8) is 0 Å². The van der Waals surface area contributed by atoms with E-state index in [9.17, 15) is 4.79 Å². The third-order valence-electron chi connectivity index (χ3n) is 3.71. The Kier molecular flexibility index (Phi) is 4.27. The van der Waals surface area contributed by atoms with E-state index >= 15 is 0 Å². The lowest BCUT2D eigenvalue weighted by Crippen LogP contribution is -2.32. The molecular weight excluding hydrogens is 240 g/mol. The van der Waals surface area contributed by atoms with Crippen molar-refractivity contribution in [3.8, 4) is 0 Å². The molecule has 1 aliphatic rings. The van der Waals surface area contributed by atoms with E-state index in [1.807, 2.05) is 6.07 Å². The molecule has 1 saturated heterocycles. The molecule has 0 aliphatic carbocycles. The maximum Gasteiger partial charge on any atom is 0.253 e. The highest BCUT2D eigenvalue weighted by Gasteiger charge is 2.21. The first-order valence-electron chi connectivity index (χ1n) is 6.67. The number of likely N-dealkylation sites (tertiary alicyclic amines) is 1. The first-order chi connectivity index (χ1) is 9.11. The number of hydrogen-bond acceptors (Lipinski definition) is 4. The van der Waals surface area contributed by atoms with Gasteiger partial charge in [0.15, 0.2) is 0 Å². The fraction of sp³-hybridized carbons (Fsp3) is 0.500. The molecule has 5 heteroatoms. The zero-order chi connectivity index (χ0) is 13.8. The number of amides is 1. The molecule has 2 rings (SSSR count). The largest absolute Gasteiger partial charge is 0.399 e. The molecule has 1 atom stereocenters. The Bertz CT molecular complexity index is 461. The number of likely N-dealkylation sites (N-methyl/N-ethyl adjacent to an activating group) is 1. The van der Waals surface area contributed by atoms with Crippen LogP contribution in [0.15, 0.2) is 18.2 Å². The number of nitrogens with zero attached hydrogens (tertiary/aromatic N) is 1. The molecule has 1 unspecified atom stereocenters. The number of hydrogen-bond donors (Lipinski definition) is 3. The molecule has 1 heterocycles. The second-order valence-corrected chi connectivity index (χ2v) is 5.04. The van der Waals surface area contributed by atoms with Crippen LogP contribution in [0.3, 0.4) is 0 Å². The number of nitrogens with two attached hydrogens (primary N) is 1. The van der Waals surface area contributed by atoms with E-state index in [1.165, 1.54) is 12.8 Å². The Balaban J connectivity index is 2.09. The molecule has 1 aliphatic heterocycles. The van der Waals surface area contributed by atoms with Gasteiger partial charge in [-0.25, -0.2) is 0 Å². The highest BCUT2D eigenvalue weighted by molar-refractivity contribution is 6.00. The molecule has 0 aromatic heterocycles.